The normalized spacial score (nSPS) is 10.7. The molecule has 0 atom stereocenters. The maximum absolute atomic E-state index is 11.9. The SMILES string of the molecule is O=C(O)CCCNC(=O)/C=C/c1cc(Br)ccc1OCc1ccccc1Cl. The van der Waals surface area contributed by atoms with Crippen LogP contribution in [0.15, 0.2) is 53.0 Å². The molecule has 2 aromatic rings. The third-order valence-corrected chi connectivity index (χ3v) is 4.46. The highest BCUT2D eigenvalue weighted by atomic mass is 79.9. The minimum absolute atomic E-state index is 0.0235. The molecule has 2 aromatic carbocycles. The standard InChI is InChI=1S/C20H19BrClNO4/c21-16-8-9-18(27-13-15-4-1-2-5-17(15)22)14(12-16)7-10-19(24)23-11-3-6-20(25)26/h1-2,4-5,7-10,12H,3,6,11,13H2,(H,23,24)(H,25,26)/b10-7+. The van der Waals surface area contributed by atoms with E-state index in [2.05, 4.69) is 21.2 Å². The van der Waals surface area contributed by atoms with Crippen molar-refractivity contribution in [2.75, 3.05) is 6.54 Å². The van der Waals surface area contributed by atoms with Crippen molar-refractivity contribution < 1.29 is 19.4 Å². The zero-order chi connectivity index (χ0) is 19.6. The van der Waals surface area contributed by atoms with Crippen molar-refractivity contribution in [3.63, 3.8) is 0 Å². The molecule has 0 aliphatic carbocycles. The number of hydrogen-bond acceptors (Lipinski definition) is 3. The molecule has 0 unspecified atom stereocenters. The van der Waals surface area contributed by atoms with Crippen LogP contribution >= 0.6 is 27.5 Å². The Balaban J connectivity index is 1.99. The molecule has 0 saturated carbocycles. The lowest BCUT2D eigenvalue weighted by molar-refractivity contribution is -0.137. The van der Waals surface area contributed by atoms with Crippen molar-refractivity contribution in [3.8, 4) is 5.75 Å². The summed E-state index contributed by atoms with van der Waals surface area (Å²) in [5.74, 6) is -0.556. The van der Waals surface area contributed by atoms with Crippen molar-refractivity contribution in [2.45, 2.75) is 19.4 Å². The van der Waals surface area contributed by atoms with Gasteiger partial charge in [0, 0.05) is 39.7 Å². The van der Waals surface area contributed by atoms with Gasteiger partial charge in [0.25, 0.3) is 0 Å². The molecule has 0 aliphatic heterocycles. The van der Waals surface area contributed by atoms with E-state index >= 15 is 0 Å². The summed E-state index contributed by atoms with van der Waals surface area (Å²) in [4.78, 5) is 22.3. The van der Waals surface area contributed by atoms with Crippen LogP contribution in [0.2, 0.25) is 5.02 Å². The molecule has 2 N–H and O–H groups in total. The Hall–Kier alpha value is -2.31. The van der Waals surface area contributed by atoms with Crippen LogP contribution in [-0.4, -0.2) is 23.5 Å². The van der Waals surface area contributed by atoms with Gasteiger partial charge in [-0.25, -0.2) is 0 Å². The van der Waals surface area contributed by atoms with E-state index in [9.17, 15) is 9.59 Å². The van der Waals surface area contributed by atoms with Gasteiger partial charge in [0.05, 0.1) is 0 Å². The Labute approximate surface area is 171 Å². The van der Waals surface area contributed by atoms with E-state index in [1.54, 1.807) is 12.1 Å². The highest BCUT2D eigenvalue weighted by molar-refractivity contribution is 9.10. The lowest BCUT2D eigenvalue weighted by Crippen LogP contribution is -2.22. The molecule has 0 heterocycles. The number of halogens is 2. The van der Waals surface area contributed by atoms with Crippen LogP contribution in [0.25, 0.3) is 6.08 Å². The maximum Gasteiger partial charge on any atom is 0.303 e. The fraction of sp³-hybridized carbons (Fsp3) is 0.200. The van der Waals surface area contributed by atoms with Gasteiger partial charge in [-0.3, -0.25) is 9.59 Å². The molecule has 7 heteroatoms. The largest absolute Gasteiger partial charge is 0.488 e. The van der Waals surface area contributed by atoms with Crippen LogP contribution in [0.5, 0.6) is 5.75 Å². The zero-order valence-electron chi connectivity index (χ0n) is 14.5. The number of rotatable bonds is 9. The van der Waals surface area contributed by atoms with Crippen LogP contribution in [-0.2, 0) is 16.2 Å². The first-order chi connectivity index (χ1) is 13.0. The molecule has 0 fully saturated rings. The van der Waals surface area contributed by atoms with Crippen molar-refractivity contribution in [2.24, 2.45) is 0 Å². The number of nitrogens with one attached hydrogen (secondary N) is 1. The van der Waals surface area contributed by atoms with E-state index in [0.29, 0.717) is 30.3 Å². The number of benzene rings is 2. The molecule has 0 radical (unpaired) electrons. The first-order valence-corrected chi connectivity index (χ1v) is 9.46. The van der Waals surface area contributed by atoms with E-state index < -0.39 is 5.97 Å². The number of amides is 1. The lowest BCUT2D eigenvalue weighted by atomic mass is 10.2. The van der Waals surface area contributed by atoms with E-state index in [4.69, 9.17) is 21.4 Å². The summed E-state index contributed by atoms with van der Waals surface area (Å²) in [7, 11) is 0. The third kappa shape index (κ3) is 7.45. The monoisotopic (exact) mass is 451 g/mol. The van der Waals surface area contributed by atoms with Crippen LogP contribution in [0.3, 0.4) is 0 Å². The second kappa shape index (κ2) is 10.7. The van der Waals surface area contributed by atoms with Gasteiger partial charge in [0.15, 0.2) is 0 Å². The van der Waals surface area contributed by atoms with Crippen LogP contribution in [0, 0.1) is 0 Å². The fourth-order valence-corrected chi connectivity index (χ4v) is 2.80. The number of carbonyl (C=O) groups is 2. The van der Waals surface area contributed by atoms with Gasteiger partial charge in [-0.2, -0.15) is 0 Å². The Bertz CT molecular complexity index is 838. The first-order valence-electron chi connectivity index (χ1n) is 8.29. The van der Waals surface area contributed by atoms with Gasteiger partial charge in [0.1, 0.15) is 12.4 Å². The zero-order valence-corrected chi connectivity index (χ0v) is 16.8. The second-order valence-electron chi connectivity index (χ2n) is 5.68. The molecule has 0 spiro atoms. The van der Waals surface area contributed by atoms with Gasteiger partial charge in [0.2, 0.25) is 5.91 Å². The molecular weight excluding hydrogens is 434 g/mol. The molecular formula is C20H19BrClNO4. The van der Waals surface area contributed by atoms with Crippen molar-refractivity contribution in [3.05, 3.63) is 69.2 Å². The molecule has 0 aliphatic rings. The molecule has 1 amide bonds. The van der Waals surface area contributed by atoms with E-state index in [-0.39, 0.29) is 12.3 Å². The number of carboxylic acid groups (broad SMARTS) is 1. The molecule has 0 bridgehead atoms. The highest BCUT2D eigenvalue weighted by Gasteiger charge is 2.06. The first kappa shape index (κ1) is 21.0. The predicted octanol–water partition coefficient (Wildman–Crippen LogP) is 4.68. The summed E-state index contributed by atoms with van der Waals surface area (Å²) in [6, 6.07) is 12.9. The highest BCUT2D eigenvalue weighted by Crippen LogP contribution is 2.26. The molecule has 142 valence electrons. The van der Waals surface area contributed by atoms with E-state index in [0.717, 1.165) is 15.6 Å². The van der Waals surface area contributed by atoms with Crippen molar-refractivity contribution in [1.29, 1.82) is 0 Å². The summed E-state index contributed by atoms with van der Waals surface area (Å²) in [6.07, 6.45) is 3.46. The minimum Gasteiger partial charge on any atom is -0.488 e. The number of ether oxygens (including phenoxy) is 1. The van der Waals surface area contributed by atoms with Gasteiger partial charge in [-0.05, 0) is 36.8 Å². The quantitative estimate of drug-likeness (QED) is 0.428. The molecule has 5 nitrogen and oxygen atoms in total. The smallest absolute Gasteiger partial charge is 0.303 e. The molecule has 27 heavy (non-hydrogen) atoms. The maximum atomic E-state index is 11.9. The third-order valence-electron chi connectivity index (χ3n) is 3.59. The van der Waals surface area contributed by atoms with Gasteiger partial charge in [-0.1, -0.05) is 45.7 Å². The van der Waals surface area contributed by atoms with Crippen LogP contribution in [0.1, 0.15) is 24.0 Å². The number of aliphatic carboxylic acids is 1. The summed E-state index contributed by atoms with van der Waals surface area (Å²) >= 11 is 9.56. The van der Waals surface area contributed by atoms with Crippen molar-refractivity contribution >= 4 is 45.5 Å². The van der Waals surface area contributed by atoms with E-state index in [1.165, 1.54) is 6.08 Å². The topological polar surface area (TPSA) is 75.6 Å². The average Bonchev–Trinajstić information content (AvgIpc) is 2.64. The Morgan fingerprint density at radius 1 is 1.22 bits per heavy atom. The van der Waals surface area contributed by atoms with Crippen molar-refractivity contribution in [1.82, 2.24) is 5.32 Å². The van der Waals surface area contributed by atoms with Gasteiger partial charge < -0.3 is 15.2 Å². The summed E-state index contributed by atoms with van der Waals surface area (Å²) in [5, 5.41) is 11.9. The van der Waals surface area contributed by atoms with Crippen LogP contribution in [0.4, 0.5) is 0 Å². The van der Waals surface area contributed by atoms with Gasteiger partial charge in [-0.15, -0.1) is 0 Å². The molecule has 0 saturated heterocycles. The Morgan fingerprint density at radius 2 is 2.00 bits per heavy atom. The van der Waals surface area contributed by atoms with Gasteiger partial charge >= 0.3 is 5.97 Å². The average molecular weight is 453 g/mol. The fourth-order valence-electron chi connectivity index (χ4n) is 2.23. The molecule has 0 aromatic heterocycles. The number of hydrogen-bond donors (Lipinski definition) is 2. The van der Waals surface area contributed by atoms with E-state index in [1.807, 2.05) is 36.4 Å². The Kier molecular flexibility index (Phi) is 8.36. The second-order valence-corrected chi connectivity index (χ2v) is 7.01. The Morgan fingerprint density at radius 3 is 2.74 bits per heavy atom. The minimum atomic E-state index is -0.880. The summed E-state index contributed by atoms with van der Waals surface area (Å²) in [6.45, 7) is 0.618. The lowest BCUT2D eigenvalue weighted by Gasteiger charge is -2.11. The summed E-state index contributed by atoms with van der Waals surface area (Å²) < 4.78 is 6.72. The van der Waals surface area contributed by atoms with Crippen LogP contribution < -0.4 is 10.1 Å². The number of carbonyl (C=O) groups excluding carboxylic acids is 1. The summed E-state index contributed by atoms with van der Waals surface area (Å²) in [5.41, 5.74) is 1.60. The molecule has 2 rings (SSSR count). The predicted molar refractivity (Wildman–Crippen MR) is 109 cm³/mol. The number of carboxylic acids is 1.